The van der Waals surface area contributed by atoms with Crippen molar-refractivity contribution < 1.29 is 29.3 Å². The van der Waals surface area contributed by atoms with Crippen LogP contribution in [0.25, 0.3) is 0 Å². The minimum absolute atomic E-state index is 0.0208. The highest BCUT2D eigenvalue weighted by molar-refractivity contribution is 7.78. The van der Waals surface area contributed by atoms with E-state index >= 15 is 0 Å². The van der Waals surface area contributed by atoms with Crippen LogP contribution in [0.3, 0.4) is 0 Å². The van der Waals surface area contributed by atoms with Gasteiger partial charge in [0.1, 0.15) is 17.5 Å². The lowest BCUT2D eigenvalue weighted by atomic mass is 9.81. The van der Waals surface area contributed by atoms with Gasteiger partial charge in [0.15, 0.2) is 5.54 Å². The molecule has 1 unspecified atom stereocenters. The quantitative estimate of drug-likeness (QED) is 0.566. The maximum atomic E-state index is 12.9. The predicted molar refractivity (Wildman–Crippen MR) is 115 cm³/mol. The van der Waals surface area contributed by atoms with Gasteiger partial charge in [-0.2, -0.15) is 0 Å². The Kier molecular flexibility index (Phi) is 7.39. The van der Waals surface area contributed by atoms with Gasteiger partial charge in [-0.25, -0.2) is 13.9 Å². The zero-order valence-corrected chi connectivity index (χ0v) is 18.3. The number of aromatic hydroxyl groups is 1. The van der Waals surface area contributed by atoms with Crippen molar-refractivity contribution in [3.8, 4) is 5.75 Å². The first-order valence-corrected chi connectivity index (χ1v) is 9.72. The second kappa shape index (κ2) is 9.40. The molecule has 1 amide bonds. The van der Waals surface area contributed by atoms with Crippen LogP contribution in [0.4, 0.5) is 4.79 Å². The molecule has 0 aliphatic carbocycles. The molecular weight excluding hydrogens is 406 g/mol. The highest BCUT2D eigenvalue weighted by Crippen LogP contribution is 2.40. The van der Waals surface area contributed by atoms with Crippen LogP contribution in [0.2, 0.25) is 0 Å². The molecule has 0 aromatic heterocycles. The summed E-state index contributed by atoms with van der Waals surface area (Å²) in [5.74, 6) is -1.29. The summed E-state index contributed by atoms with van der Waals surface area (Å²) in [7, 11) is 1.36. The zero-order chi connectivity index (χ0) is 22.5. The Balaban J connectivity index is 2.65. The van der Waals surface area contributed by atoms with Crippen molar-refractivity contribution >= 4 is 24.9 Å². The third kappa shape index (κ3) is 5.25. The van der Waals surface area contributed by atoms with Crippen molar-refractivity contribution in [1.29, 1.82) is 0 Å². The Morgan fingerprint density at radius 3 is 2.10 bits per heavy atom. The number of rotatable bonds is 7. The molecule has 0 aliphatic rings. The fourth-order valence-corrected chi connectivity index (χ4v) is 3.49. The molecule has 0 bridgehead atoms. The molecule has 2 aromatic rings. The molecule has 0 saturated carbocycles. The average molecular weight is 434 g/mol. The van der Waals surface area contributed by atoms with Gasteiger partial charge in [0.25, 0.3) is 0 Å². The number of benzene rings is 2. The monoisotopic (exact) mass is 433 g/mol. The summed E-state index contributed by atoms with van der Waals surface area (Å²) in [6.45, 7) is 5.04. The number of carboxylic acids is 1. The topological polar surface area (TPSA) is 96.3 Å². The van der Waals surface area contributed by atoms with Crippen molar-refractivity contribution in [2.75, 3.05) is 7.11 Å². The van der Waals surface area contributed by atoms with Gasteiger partial charge in [-0.3, -0.25) is 0 Å². The number of methoxy groups -OCH3 is 1. The van der Waals surface area contributed by atoms with Gasteiger partial charge >= 0.3 is 12.1 Å². The summed E-state index contributed by atoms with van der Waals surface area (Å²) in [6, 6.07) is 14.8. The normalized spacial score (nSPS) is 14.4. The molecule has 2 N–H and O–H groups in total. The Morgan fingerprint density at radius 2 is 1.63 bits per heavy atom. The SMILES string of the molecule is COC(c1ccc(O)cc1)[C@](Cc1ccccc1)(C(=O)O)N(S)C(=O)OC(C)(C)C. The number of hydrogen-bond acceptors (Lipinski definition) is 6. The highest BCUT2D eigenvalue weighted by Gasteiger charge is 2.54. The summed E-state index contributed by atoms with van der Waals surface area (Å²) < 4.78 is 11.8. The first kappa shape index (κ1) is 23.6. The maximum Gasteiger partial charge on any atom is 0.421 e. The molecule has 2 rings (SSSR count). The Morgan fingerprint density at radius 1 is 1.07 bits per heavy atom. The summed E-state index contributed by atoms with van der Waals surface area (Å²) in [4.78, 5) is 25.6. The standard InChI is InChI=1S/C22H27NO6S/c1-21(2,3)29-20(27)23(30)22(19(25)26,14-15-8-6-5-7-9-15)18(28-4)16-10-12-17(24)13-11-16/h5-13,18,24,30H,14H2,1-4H3,(H,25,26)/t18?,22-/m1/s1. The molecule has 0 spiro atoms. The molecular formula is C22H27NO6S. The molecule has 2 aromatic carbocycles. The maximum absolute atomic E-state index is 12.9. The number of ether oxygens (including phenoxy) is 2. The fourth-order valence-electron chi connectivity index (χ4n) is 3.19. The average Bonchev–Trinajstić information content (AvgIpc) is 2.67. The number of carbonyl (C=O) groups is 2. The lowest BCUT2D eigenvalue weighted by Gasteiger charge is -2.42. The van der Waals surface area contributed by atoms with E-state index in [9.17, 15) is 19.8 Å². The number of thiol groups is 1. The zero-order valence-electron chi connectivity index (χ0n) is 17.4. The van der Waals surface area contributed by atoms with Crippen molar-refractivity contribution in [1.82, 2.24) is 4.31 Å². The van der Waals surface area contributed by atoms with E-state index in [1.807, 2.05) is 6.07 Å². The van der Waals surface area contributed by atoms with E-state index in [0.29, 0.717) is 11.1 Å². The van der Waals surface area contributed by atoms with E-state index < -0.39 is 29.3 Å². The van der Waals surface area contributed by atoms with Gasteiger partial charge in [0.05, 0.1) is 0 Å². The molecule has 162 valence electrons. The molecule has 0 saturated heterocycles. The second-order valence-corrected chi connectivity index (χ2v) is 8.29. The van der Waals surface area contributed by atoms with Gasteiger partial charge in [0, 0.05) is 13.5 Å². The van der Waals surface area contributed by atoms with Gasteiger partial charge in [0.2, 0.25) is 0 Å². The van der Waals surface area contributed by atoms with Crippen molar-refractivity contribution in [2.24, 2.45) is 0 Å². The third-order valence-corrected chi connectivity index (χ3v) is 5.02. The van der Waals surface area contributed by atoms with Crippen LogP contribution < -0.4 is 0 Å². The molecule has 2 atom stereocenters. The minimum atomic E-state index is -1.95. The van der Waals surface area contributed by atoms with E-state index in [1.54, 1.807) is 57.2 Å². The summed E-state index contributed by atoms with van der Waals surface area (Å²) in [5.41, 5.74) is -1.67. The first-order chi connectivity index (χ1) is 14.0. The molecule has 0 fully saturated rings. The summed E-state index contributed by atoms with van der Waals surface area (Å²) in [6.07, 6.45) is -2.11. The van der Waals surface area contributed by atoms with E-state index in [1.165, 1.54) is 19.2 Å². The largest absolute Gasteiger partial charge is 0.508 e. The number of nitrogens with zero attached hydrogens (tertiary/aromatic N) is 1. The summed E-state index contributed by atoms with van der Waals surface area (Å²) in [5, 5.41) is 20.0. The lowest BCUT2D eigenvalue weighted by molar-refractivity contribution is -0.157. The number of aliphatic carboxylic acids is 1. The molecule has 0 aliphatic heterocycles. The molecule has 8 heteroatoms. The Bertz CT molecular complexity index is 865. The van der Waals surface area contributed by atoms with Crippen LogP contribution in [0, 0.1) is 0 Å². The van der Waals surface area contributed by atoms with Crippen molar-refractivity contribution in [3.63, 3.8) is 0 Å². The fraction of sp³-hybridized carbons (Fsp3) is 0.364. The summed E-state index contributed by atoms with van der Waals surface area (Å²) >= 11 is 4.30. The van der Waals surface area contributed by atoms with Crippen LogP contribution in [0.15, 0.2) is 54.6 Å². The van der Waals surface area contributed by atoms with Gasteiger partial charge < -0.3 is 19.7 Å². The van der Waals surface area contributed by atoms with Gasteiger partial charge in [-0.1, -0.05) is 55.3 Å². The Hall–Kier alpha value is -2.71. The highest BCUT2D eigenvalue weighted by atomic mass is 32.1. The molecule has 7 nitrogen and oxygen atoms in total. The first-order valence-electron chi connectivity index (χ1n) is 9.32. The minimum Gasteiger partial charge on any atom is -0.508 e. The number of carbonyl (C=O) groups excluding carboxylic acids is 1. The number of carboxylic acid groups (broad SMARTS) is 1. The van der Waals surface area contributed by atoms with Crippen LogP contribution in [-0.4, -0.2) is 44.8 Å². The van der Waals surface area contributed by atoms with Gasteiger partial charge in [-0.15, -0.1) is 0 Å². The van der Waals surface area contributed by atoms with Gasteiger partial charge in [-0.05, 0) is 44.0 Å². The van der Waals surface area contributed by atoms with Crippen LogP contribution in [0.1, 0.15) is 38.0 Å². The Labute approximate surface area is 181 Å². The van der Waals surface area contributed by atoms with E-state index in [0.717, 1.165) is 4.31 Å². The van der Waals surface area contributed by atoms with Crippen LogP contribution >= 0.6 is 12.8 Å². The van der Waals surface area contributed by atoms with Crippen molar-refractivity contribution in [3.05, 3.63) is 65.7 Å². The smallest absolute Gasteiger partial charge is 0.421 e. The number of phenolic OH excluding ortho intramolecular Hbond substituents is 1. The van der Waals surface area contributed by atoms with Crippen LogP contribution in [0.5, 0.6) is 5.75 Å². The lowest BCUT2D eigenvalue weighted by Crippen LogP contribution is -2.59. The molecule has 30 heavy (non-hydrogen) atoms. The predicted octanol–water partition coefficient (Wildman–Crippen LogP) is 4.23. The molecule has 0 heterocycles. The number of amides is 1. The molecule has 0 radical (unpaired) electrons. The van der Waals surface area contributed by atoms with E-state index in [-0.39, 0.29) is 12.2 Å². The third-order valence-electron chi connectivity index (χ3n) is 4.50. The van der Waals surface area contributed by atoms with E-state index in [2.05, 4.69) is 12.8 Å². The number of hydrogen-bond donors (Lipinski definition) is 3. The van der Waals surface area contributed by atoms with Crippen molar-refractivity contribution in [2.45, 2.75) is 44.4 Å². The number of phenols is 1. The van der Waals surface area contributed by atoms with Crippen LogP contribution in [-0.2, 0) is 20.7 Å². The van der Waals surface area contributed by atoms with E-state index in [4.69, 9.17) is 9.47 Å². The second-order valence-electron chi connectivity index (χ2n) is 7.89.